The van der Waals surface area contributed by atoms with Crippen LogP contribution >= 0.6 is 23.5 Å². The number of rotatable bonds is 22. The number of unbranched alkanes of at least 4 members (excludes halogenated alkanes) is 7. The Balaban J connectivity index is 4.11. The molecule has 0 spiro atoms. The standard InChI is InChI=1S/C23H46O4S2/c1-3-4-5-9-12-21(28-19-17-24)15-16-22(29-20-18-25)13-10-7-6-8-11-14-23(26)27-2/h21-22,24-25H,3-20H2,1-2H3. The summed E-state index contributed by atoms with van der Waals surface area (Å²) < 4.78 is 4.68. The zero-order valence-electron chi connectivity index (χ0n) is 18.9. The summed E-state index contributed by atoms with van der Waals surface area (Å²) in [5.41, 5.74) is 0. The maximum Gasteiger partial charge on any atom is 0.305 e. The molecule has 0 rings (SSSR count). The van der Waals surface area contributed by atoms with Crippen molar-refractivity contribution in [1.29, 1.82) is 0 Å². The van der Waals surface area contributed by atoms with E-state index in [-0.39, 0.29) is 19.2 Å². The van der Waals surface area contributed by atoms with Crippen molar-refractivity contribution in [2.75, 3.05) is 31.8 Å². The van der Waals surface area contributed by atoms with Crippen LogP contribution in [-0.2, 0) is 9.53 Å². The van der Waals surface area contributed by atoms with Crippen molar-refractivity contribution in [1.82, 2.24) is 0 Å². The summed E-state index contributed by atoms with van der Waals surface area (Å²) in [5.74, 6) is 1.57. The van der Waals surface area contributed by atoms with Crippen LogP contribution in [0.2, 0.25) is 0 Å². The van der Waals surface area contributed by atoms with E-state index in [1.54, 1.807) is 0 Å². The van der Waals surface area contributed by atoms with Crippen molar-refractivity contribution in [2.45, 2.75) is 107 Å². The average molecular weight is 451 g/mol. The predicted octanol–water partition coefficient (Wildman–Crippen LogP) is 5.83. The van der Waals surface area contributed by atoms with Gasteiger partial charge in [-0.1, -0.05) is 58.3 Å². The first-order chi connectivity index (χ1) is 14.2. The number of methoxy groups -OCH3 is 1. The summed E-state index contributed by atoms with van der Waals surface area (Å²) in [4.78, 5) is 11.1. The molecule has 174 valence electrons. The average Bonchev–Trinajstić information content (AvgIpc) is 2.74. The molecule has 0 radical (unpaired) electrons. The van der Waals surface area contributed by atoms with E-state index < -0.39 is 0 Å². The molecule has 6 heteroatoms. The maximum absolute atomic E-state index is 11.1. The van der Waals surface area contributed by atoms with E-state index >= 15 is 0 Å². The summed E-state index contributed by atoms with van der Waals surface area (Å²) in [6.07, 6.45) is 16.3. The minimum absolute atomic E-state index is 0.103. The van der Waals surface area contributed by atoms with Gasteiger partial charge < -0.3 is 14.9 Å². The lowest BCUT2D eigenvalue weighted by Gasteiger charge is -2.21. The highest BCUT2D eigenvalue weighted by atomic mass is 32.2. The molecular formula is C23H46O4S2. The first-order valence-corrected chi connectivity index (χ1v) is 13.8. The van der Waals surface area contributed by atoms with Gasteiger partial charge in [-0.25, -0.2) is 0 Å². The summed E-state index contributed by atoms with van der Waals surface area (Å²) in [5, 5.41) is 19.7. The van der Waals surface area contributed by atoms with Crippen LogP contribution in [0, 0.1) is 0 Å². The van der Waals surface area contributed by atoms with Crippen molar-refractivity contribution < 1.29 is 19.7 Å². The van der Waals surface area contributed by atoms with Crippen molar-refractivity contribution >= 4 is 29.5 Å². The number of aliphatic hydroxyl groups is 2. The Morgan fingerprint density at radius 1 is 0.759 bits per heavy atom. The van der Waals surface area contributed by atoms with Crippen LogP contribution in [0.15, 0.2) is 0 Å². The zero-order valence-corrected chi connectivity index (χ0v) is 20.5. The predicted molar refractivity (Wildman–Crippen MR) is 129 cm³/mol. The molecule has 0 fully saturated rings. The fourth-order valence-corrected chi connectivity index (χ4v) is 5.65. The molecule has 0 amide bonds. The van der Waals surface area contributed by atoms with Gasteiger partial charge in [-0.2, -0.15) is 23.5 Å². The first-order valence-electron chi connectivity index (χ1n) is 11.7. The molecule has 2 N–H and O–H groups in total. The molecule has 0 saturated carbocycles. The lowest BCUT2D eigenvalue weighted by molar-refractivity contribution is -0.140. The van der Waals surface area contributed by atoms with Crippen LogP contribution < -0.4 is 0 Å². The third-order valence-electron chi connectivity index (χ3n) is 5.21. The second kappa shape index (κ2) is 22.8. The highest BCUT2D eigenvalue weighted by molar-refractivity contribution is 8.00. The molecule has 0 saturated heterocycles. The number of carbonyl (C=O) groups excluding carboxylic acids is 1. The Bertz CT molecular complexity index is 356. The zero-order chi connectivity index (χ0) is 21.6. The minimum atomic E-state index is -0.103. The summed E-state index contributed by atoms with van der Waals surface area (Å²) in [6.45, 7) is 2.78. The molecule has 0 aliphatic carbocycles. The second-order valence-electron chi connectivity index (χ2n) is 7.74. The number of thioether (sulfide) groups is 2. The van der Waals surface area contributed by atoms with Crippen LogP contribution in [0.1, 0.15) is 96.8 Å². The quantitative estimate of drug-likeness (QED) is 0.160. The van der Waals surface area contributed by atoms with Gasteiger partial charge in [0, 0.05) is 28.4 Å². The van der Waals surface area contributed by atoms with Gasteiger partial charge in [0.05, 0.1) is 20.3 Å². The number of carbonyl (C=O) groups is 1. The van der Waals surface area contributed by atoms with Crippen molar-refractivity contribution in [3.8, 4) is 0 Å². The minimum Gasteiger partial charge on any atom is -0.469 e. The van der Waals surface area contributed by atoms with Gasteiger partial charge in [-0.3, -0.25) is 4.79 Å². The largest absolute Gasteiger partial charge is 0.469 e. The molecule has 0 heterocycles. The topological polar surface area (TPSA) is 66.8 Å². The Labute approximate surface area is 188 Å². The number of esters is 1. The van der Waals surface area contributed by atoms with Crippen LogP contribution in [-0.4, -0.2) is 58.5 Å². The van der Waals surface area contributed by atoms with E-state index in [0.29, 0.717) is 16.9 Å². The van der Waals surface area contributed by atoms with Crippen molar-refractivity contribution in [3.63, 3.8) is 0 Å². The van der Waals surface area contributed by atoms with Gasteiger partial charge in [-0.05, 0) is 32.1 Å². The number of hydrogen-bond donors (Lipinski definition) is 2. The molecule has 2 unspecified atom stereocenters. The SMILES string of the molecule is CCCCCCC(CCC(CCCCCCCC(=O)OC)SCCO)SCCO. The fourth-order valence-electron chi connectivity index (χ4n) is 3.51. The summed E-state index contributed by atoms with van der Waals surface area (Å²) in [6, 6.07) is 0. The molecule has 0 aliphatic heterocycles. The Hall–Kier alpha value is 0.0900. The van der Waals surface area contributed by atoms with Crippen LogP contribution in [0.4, 0.5) is 0 Å². The highest BCUT2D eigenvalue weighted by Crippen LogP contribution is 2.29. The molecule has 0 bridgehead atoms. The second-order valence-corrected chi connectivity index (χ2v) is 10.6. The highest BCUT2D eigenvalue weighted by Gasteiger charge is 2.14. The molecule has 0 aromatic rings. The van der Waals surface area contributed by atoms with Gasteiger partial charge in [-0.15, -0.1) is 0 Å². The van der Waals surface area contributed by atoms with E-state index in [1.807, 2.05) is 23.5 Å². The van der Waals surface area contributed by atoms with Crippen LogP contribution in [0.25, 0.3) is 0 Å². The van der Waals surface area contributed by atoms with E-state index in [9.17, 15) is 15.0 Å². The normalized spacial score (nSPS) is 13.4. The smallest absolute Gasteiger partial charge is 0.305 e. The van der Waals surface area contributed by atoms with E-state index in [1.165, 1.54) is 77.7 Å². The molecule has 0 aliphatic rings. The molecule has 0 aromatic heterocycles. The van der Waals surface area contributed by atoms with Crippen LogP contribution in [0.5, 0.6) is 0 Å². The third-order valence-corrected chi connectivity index (χ3v) is 7.94. The number of ether oxygens (including phenoxy) is 1. The Kier molecular flexibility index (Phi) is 22.8. The first kappa shape index (κ1) is 29.1. The van der Waals surface area contributed by atoms with Gasteiger partial charge in [0.25, 0.3) is 0 Å². The molecular weight excluding hydrogens is 404 g/mol. The lowest BCUT2D eigenvalue weighted by atomic mass is 10.0. The van der Waals surface area contributed by atoms with E-state index in [0.717, 1.165) is 24.3 Å². The lowest BCUT2D eigenvalue weighted by Crippen LogP contribution is -2.12. The molecule has 29 heavy (non-hydrogen) atoms. The third kappa shape index (κ3) is 19.8. The number of hydrogen-bond acceptors (Lipinski definition) is 6. The Morgan fingerprint density at radius 3 is 1.72 bits per heavy atom. The van der Waals surface area contributed by atoms with Crippen LogP contribution in [0.3, 0.4) is 0 Å². The van der Waals surface area contributed by atoms with Gasteiger partial charge in [0.15, 0.2) is 0 Å². The Morgan fingerprint density at radius 2 is 1.24 bits per heavy atom. The molecule has 2 atom stereocenters. The van der Waals surface area contributed by atoms with E-state index in [2.05, 4.69) is 11.7 Å². The molecule has 0 aromatic carbocycles. The van der Waals surface area contributed by atoms with Gasteiger partial charge in [0.2, 0.25) is 0 Å². The fraction of sp³-hybridized carbons (Fsp3) is 0.957. The molecule has 4 nitrogen and oxygen atoms in total. The van der Waals surface area contributed by atoms with Crippen molar-refractivity contribution in [3.05, 3.63) is 0 Å². The maximum atomic E-state index is 11.1. The summed E-state index contributed by atoms with van der Waals surface area (Å²) in [7, 11) is 1.45. The monoisotopic (exact) mass is 450 g/mol. The van der Waals surface area contributed by atoms with E-state index in [4.69, 9.17) is 0 Å². The number of aliphatic hydroxyl groups excluding tert-OH is 2. The van der Waals surface area contributed by atoms with Gasteiger partial charge >= 0.3 is 5.97 Å². The summed E-state index contributed by atoms with van der Waals surface area (Å²) >= 11 is 3.87. The van der Waals surface area contributed by atoms with Crippen molar-refractivity contribution in [2.24, 2.45) is 0 Å². The van der Waals surface area contributed by atoms with Gasteiger partial charge in [0.1, 0.15) is 0 Å².